The molecule has 6 rings (SSSR count). The Kier molecular flexibility index (Phi) is 14.2. The number of anilines is 1. The zero-order valence-corrected chi connectivity index (χ0v) is 37.5. The van der Waals surface area contributed by atoms with Crippen LogP contribution in [0.1, 0.15) is 97.1 Å². The van der Waals surface area contributed by atoms with Crippen molar-refractivity contribution in [1.29, 1.82) is 0 Å². The van der Waals surface area contributed by atoms with Crippen LogP contribution in [0.3, 0.4) is 0 Å². The van der Waals surface area contributed by atoms with E-state index in [0.29, 0.717) is 36.9 Å². The standard InChI is InChI=1S/C46H59N3O13S/c1-26(47-40(53)27(2)48-43(55)62-44(3,4)5)41(54)49-32-10-8-9-29(20-32)19-28-11-13-30(14-12-28)42-59-25-45(6)23-36(51)39-34(16-15-31-21-33(50)17-18-46(31,39)7)35(45)22-38(61-42)37(52)24-60-63(56,57)58/h8-14,17-18,20-21,26-27,34-36,38-39,42,51H,15-16,19,22-25H2,1-7H3,(H,47,53)(H,48,55)(H,49,54)(H,56,57,58)/t26-,27-,34-,35-,36-,38?,39+,42-,45+,46-/m0/s1. The second-order valence-electron chi connectivity index (χ2n) is 18.8. The minimum atomic E-state index is -4.92. The average molecular weight is 894 g/mol. The van der Waals surface area contributed by atoms with Gasteiger partial charge in [-0.05, 0) is 119 Å². The molecule has 5 N–H and O–H groups in total. The minimum absolute atomic E-state index is 0.0818. The van der Waals surface area contributed by atoms with Gasteiger partial charge in [-0.1, -0.05) is 61.9 Å². The van der Waals surface area contributed by atoms with Gasteiger partial charge in [0.2, 0.25) is 11.8 Å². The molecule has 16 nitrogen and oxygen atoms in total. The predicted molar refractivity (Wildman–Crippen MR) is 230 cm³/mol. The summed E-state index contributed by atoms with van der Waals surface area (Å²) >= 11 is 0. The molecular weight excluding hydrogens is 835 g/mol. The van der Waals surface area contributed by atoms with E-state index < -0.39 is 87.7 Å². The third kappa shape index (κ3) is 11.7. The van der Waals surface area contributed by atoms with Crippen LogP contribution in [0.5, 0.6) is 0 Å². The highest BCUT2D eigenvalue weighted by atomic mass is 32.3. The third-order valence-corrected chi connectivity index (χ3v) is 13.2. The molecule has 17 heteroatoms. The van der Waals surface area contributed by atoms with Crippen molar-refractivity contribution in [2.24, 2.45) is 28.6 Å². The van der Waals surface area contributed by atoms with Crippen molar-refractivity contribution in [2.75, 3.05) is 18.5 Å². The van der Waals surface area contributed by atoms with Crippen LogP contribution in [0.25, 0.3) is 0 Å². The van der Waals surface area contributed by atoms with E-state index in [9.17, 15) is 42.0 Å². The number of carbonyl (C=O) groups is 5. The minimum Gasteiger partial charge on any atom is -0.444 e. The van der Waals surface area contributed by atoms with E-state index in [1.165, 1.54) is 13.8 Å². The number of hydrogen-bond donors (Lipinski definition) is 5. The first-order valence-electron chi connectivity index (χ1n) is 21.3. The maximum atomic E-state index is 13.7. The SMILES string of the molecule is C[C@H](NC(=O)OC(C)(C)C)C(=O)N[C@@H](C)C(=O)Nc1cccc(Cc2ccc([C@H]3OC[C@@]4(C)C[C@H](O)[C@H]5[C@@H](CCC6=CC(=O)C=C[C@@]65C)[C@@H]4CC(C(=O)COS(=O)(=O)O)O3)cc2)c1. The van der Waals surface area contributed by atoms with Crippen LogP contribution in [0.2, 0.25) is 0 Å². The monoisotopic (exact) mass is 893 g/mol. The quantitative estimate of drug-likeness (QED) is 0.170. The molecule has 63 heavy (non-hydrogen) atoms. The Morgan fingerprint density at radius 2 is 1.68 bits per heavy atom. The number of benzene rings is 2. The molecular formula is C46H59N3O13S. The molecule has 0 bridgehead atoms. The molecule has 1 heterocycles. The first-order valence-corrected chi connectivity index (χ1v) is 22.6. The zero-order valence-electron chi connectivity index (χ0n) is 36.7. The van der Waals surface area contributed by atoms with Crippen LogP contribution in [0.15, 0.2) is 72.3 Å². The van der Waals surface area contributed by atoms with E-state index in [1.807, 2.05) is 56.3 Å². The topological polar surface area (TPSA) is 233 Å². The van der Waals surface area contributed by atoms with Gasteiger partial charge >= 0.3 is 16.5 Å². The van der Waals surface area contributed by atoms with E-state index in [-0.39, 0.29) is 36.6 Å². The van der Waals surface area contributed by atoms with E-state index in [1.54, 1.807) is 45.1 Å². The molecule has 3 fully saturated rings. The lowest BCUT2D eigenvalue weighted by Crippen LogP contribution is -2.58. The second-order valence-corrected chi connectivity index (χ2v) is 19.9. The Morgan fingerprint density at radius 1 is 0.984 bits per heavy atom. The van der Waals surface area contributed by atoms with Gasteiger partial charge in [-0.3, -0.25) is 23.7 Å². The molecule has 2 saturated carbocycles. The number of hydrogen-bond acceptors (Lipinski definition) is 12. The van der Waals surface area contributed by atoms with Gasteiger partial charge in [-0.2, -0.15) is 8.42 Å². The summed E-state index contributed by atoms with van der Waals surface area (Å²) in [4.78, 5) is 63.8. The lowest BCUT2D eigenvalue weighted by Gasteiger charge is -2.60. The lowest BCUT2D eigenvalue weighted by molar-refractivity contribution is -0.240. The van der Waals surface area contributed by atoms with Gasteiger partial charge in [-0.25, -0.2) is 8.98 Å². The van der Waals surface area contributed by atoms with Gasteiger partial charge in [0.25, 0.3) is 0 Å². The van der Waals surface area contributed by atoms with Gasteiger partial charge in [0.1, 0.15) is 30.4 Å². The molecule has 1 unspecified atom stereocenters. The highest BCUT2D eigenvalue weighted by Crippen LogP contribution is 2.62. The third-order valence-electron chi connectivity index (χ3n) is 12.8. The Labute approximate surface area is 368 Å². The number of amides is 3. The fourth-order valence-corrected chi connectivity index (χ4v) is 9.99. The summed E-state index contributed by atoms with van der Waals surface area (Å²) in [7, 11) is -4.92. The fourth-order valence-electron chi connectivity index (χ4n) is 9.73. The normalized spacial score (nSPS) is 29.2. The molecule has 3 aliphatic carbocycles. The number of allylic oxidation sites excluding steroid dienone is 4. The van der Waals surface area contributed by atoms with E-state index in [0.717, 1.165) is 16.7 Å². The first-order chi connectivity index (χ1) is 29.4. The van der Waals surface area contributed by atoms with Crippen molar-refractivity contribution in [3.05, 3.63) is 89.0 Å². The molecule has 2 aromatic rings. The van der Waals surface area contributed by atoms with Crippen LogP contribution >= 0.6 is 0 Å². The number of fused-ring (bicyclic) bond motifs is 5. The number of aliphatic hydroxyl groups excluding tert-OH is 1. The Bertz CT molecular complexity index is 2250. The summed E-state index contributed by atoms with van der Waals surface area (Å²) in [6.07, 6.45) is 3.72. The first kappa shape index (κ1) is 47.7. The summed E-state index contributed by atoms with van der Waals surface area (Å²) in [5, 5.41) is 19.7. The number of alkyl carbamates (subject to hydrolysis) is 1. The lowest BCUT2D eigenvalue weighted by atomic mass is 9.46. The van der Waals surface area contributed by atoms with E-state index >= 15 is 0 Å². The van der Waals surface area contributed by atoms with E-state index in [2.05, 4.69) is 20.1 Å². The molecule has 0 spiro atoms. The van der Waals surface area contributed by atoms with Crippen LogP contribution < -0.4 is 16.0 Å². The molecule has 4 aliphatic rings. The Morgan fingerprint density at radius 3 is 2.37 bits per heavy atom. The number of aliphatic hydroxyl groups is 1. The van der Waals surface area contributed by atoms with E-state index in [4.69, 9.17) is 14.2 Å². The fraction of sp³-hybridized carbons (Fsp3) is 0.543. The van der Waals surface area contributed by atoms with Crippen LogP contribution in [-0.2, 0) is 54.4 Å². The molecule has 10 atom stereocenters. The van der Waals surface area contributed by atoms with Crippen molar-refractivity contribution in [1.82, 2.24) is 10.6 Å². The van der Waals surface area contributed by atoms with Gasteiger partial charge < -0.3 is 35.3 Å². The molecule has 2 aromatic carbocycles. The zero-order chi connectivity index (χ0) is 46.1. The number of rotatable bonds is 12. The summed E-state index contributed by atoms with van der Waals surface area (Å²) in [5.41, 5.74) is 1.94. The molecule has 0 aromatic heterocycles. The van der Waals surface area contributed by atoms with Crippen LogP contribution in [-0.4, -0.2) is 90.7 Å². The van der Waals surface area contributed by atoms with Gasteiger partial charge in [0, 0.05) is 22.6 Å². The van der Waals surface area contributed by atoms with Crippen molar-refractivity contribution in [3.8, 4) is 0 Å². The maximum Gasteiger partial charge on any atom is 0.408 e. The molecule has 1 saturated heterocycles. The highest BCUT2D eigenvalue weighted by Gasteiger charge is 2.59. The van der Waals surface area contributed by atoms with Crippen molar-refractivity contribution >= 4 is 45.6 Å². The summed E-state index contributed by atoms with van der Waals surface area (Å²) in [6, 6.07) is 12.7. The average Bonchev–Trinajstić information content (AvgIpc) is 3.18. The number of ether oxygens (including phenoxy) is 3. The van der Waals surface area contributed by atoms with Gasteiger partial charge in [0.05, 0.1) is 12.7 Å². The summed E-state index contributed by atoms with van der Waals surface area (Å²) in [6.45, 7) is 11.5. The van der Waals surface area contributed by atoms with Gasteiger partial charge in [0.15, 0.2) is 17.9 Å². The number of ketones is 2. The predicted octanol–water partition coefficient (Wildman–Crippen LogP) is 5.31. The Balaban J connectivity index is 1.13. The smallest absolute Gasteiger partial charge is 0.408 e. The van der Waals surface area contributed by atoms with Crippen molar-refractivity contribution in [2.45, 2.75) is 117 Å². The van der Waals surface area contributed by atoms with Crippen LogP contribution in [0.4, 0.5) is 10.5 Å². The molecule has 342 valence electrons. The second kappa shape index (κ2) is 18.7. The van der Waals surface area contributed by atoms with Gasteiger partial charge in [-0.15, -0.1) is 0 Å². The highest BCUT2D eigenvalue weighted by molar-refractivity contribution is 7.80. The molecule has 3 amide bonds. The largest absolute Gasteiger partial charge is 0.444 e. The number of carbonyl (C=O) groups excluding carboxylic acids is 5. The number of nitrogens with one attached hydrogen (secondary N) is 3. The number of Topliss-reactive ketones (excluding diaryl/α,β-unsaturated/α-hetero) is 1. The summed E-state index contributed by atoms with van der Waals surface area (Å²) in [5.74, 6) is -2.32. The van der Waals surface area contributed by atoms with Crippen molar-refractivity contribution in [3.63, 3.8) is 0 Å². The Hall–Kier alpha value is -4.78. The van der Waals surface area contributed by atoms with Crippen LogP contribution in [0, 0.1) is 28.6 Å². The molecule has 1 aliphatic heterocycles. The molecule has 0 radical (unpaired) electrons. The van der Waals surface area contributed by atoms with Crippen molar-refractivity contribution < 1.29 is 60.4 Å². The maximum absolute atomic E-state index is 13.7. The summed E-state index contributed by atoms with van der Waals surface area (Å²) < 4.78 is 54.9.